The number of aliphatic hydroxyl groups is 1. The number of hydrogen-bond donors (Lipinski definition) is 2. The Labute approximate surface area is 209 Å². The lowest BCUT2D eigenvalue weighted by Gasteiger charge is -2.37. The van der Waals surface area contributed by atoms with Gasteiger partial charge in [-0.2, -0.15) is 5.10 Å². The number of aromatic nitrogens is 6. The Hall–Kier alpha value is -3.38. The molecule has 1 atom stereocenters. The smallest absolute Gasteiger partial charge is 0.268 e. The van der Waals surface area contributed by atoms with Gasteiger partial charge in [-0.1, -0.05) is 29.3 Å². The van der Waals surface area contributed by atoms with Gasteiger partial charge in [-0.3, -0.25) is 14.7 Å². The molecule has 180 valence electrons. The molecule has 0 aliphatic carbocycles. The number of anilines is 1. The van der Waals surface area contributed by atoms with Gasteiger partial charge in [0.05, 0.1) is 40.4 Å². The van der Waals surface area contributed by atoms with Crippen molar-refractivity contribution in [3.63, 3.8) is 0 Å². The molecular weight excluding hydrogens is 495 g/mol. The van der Waals surface area contributed by atoms with E-state index in [1.165, 1.54) is 23.4 Å². The van der Waals surface area contributed by atoms with Crippen molar-refractivity contribution in [2.24, 2.45) is 0 Å². The average Bonchev–Trinajstić information content (AvgIpc) is 3.23. The molecule has 1 aromatic carbocycles. The number of ether oxygens (including phenoxy) is 1. The molecule has 11 nitrogen and oxygen atoms in total. The number of fused-ring (bicyclic) bond motifs is 1. The zero-order valence-electron chi connectivity index (χ0n) is 18.5. The third kappa shape index (κ3) is 4.89. The SMILES string of the molecule is Cc1cnc(NC(=O)[C@H](CN2CC(O)C2)Oc2ncnc3c2cnn3-c2c(Cl)cccc2Cl)cn1. The molecule has 2 N–H and O–H groups in total. The van der Waals surface area contributed by atoms with E-state index < -0.39 is 18.1 Å². The predicted octanol–water partition coefficient (Wildman–Crippen LogP) is 2.28. The maximum Gasteiger partial charge on any atom is 0.268 e. The van der Waals surface area contributed by atoms with Crippen LogP contribution in [0.15, 0.2) is 43.1 Å². The number of aryl methyl sites for hydroxylation is 1. The Morgan fingerprint density at radius 1 is 1.17 bits per heavy atom. The number of carbonyl (C=O) groups is 1. The Balaban J connectivity index is 1.45. The first-order valence-electron chi connectivity index (χ1n) is 10.7. The van der Waals surface area contributed by atoms with Crippen molar-refractivity contribution in [1.82, 2.24) is 34.6 Å². The van der Waals surface area contributed by atoms with Crippen LogP contribution in [-0.4, -0.2) is 77.5 Å². The summed E-state index contributed by atoms with van der Waals surface area (Å²) in [4.78, 5) is 31.9. The minimum Gasteiger partial charge on any atom is -0.462 e. The molecule has 3 aromatic heterocycles. The van der Waals surface area contributed by atoms with Crippen LogP contribution in [0.25, 0.3) is 16.7 Å². The fourth-order valence-corrected chi connectivity index (χ4v) is 4.23. The number of nitrogens with zero attached hydrogens (tertiary/aromatic N) is 7. The minimum absolute atomic E-state index is 0.167. The maximum atomic E-state index is 13.1. The van der Waals surface area contributed by atoms with Crippen LogP contribution >= 0.6 is 23.2 Å². The van der Waals surface area contributed by atoms with Crippen LogP contribution in [0.3, 0.4) is 0 Å². The van der Waals surface area contributed by atoms with Crippen LogP contribution in [-0.2, 0) is 4.79 Å². The molecule has 35 heavy (non-hydrogen) atoms. The lowest BCUT2D eigenvalue weighted by Crippen LogP contribution is -2.55. The number of aliphatic hydroxyl groups excluding tert-OH is 1. The van der Waals surface area contributed by atoms with Crippen LogP contribution in [0.5, 0.6) is 5.88 Å². The molecule has 1 saturated heterocycles. The number of para-hydroxylation sites is 1. The number of β-amino-alcohol motifs (C(OH)–C–C–N with tert-alkyl or cyclic N) is 1. The number of rotatable bonds is 7. The average molecular weight is 515 g/mol. The van der Waals surface area contributed by atoms with Gasteiger partial charge in [-0.25, -0.2) is 19.6 Å². The van der Waals surface area contributed by atoms with E-state index in [1.807, 2.05) is 4.90 Å². The summed E-state index contributed by atoms with van der Waals surface area (Å²) in [7, 11) is 0. The number of nitrogens with one attached hydrogen (secondary N) is 1. The molecule has 5 rings (SSSR count). The van der Waals surface area contributed by atoms with Gasteiger partial charge in [-0.15, -0.1) is 0 Å². The third-order valence-electron chi connectivity index (χ3n) is 5.42. The lowest BCUT2D eigenvalue weighted by molar-refractivity contribution is -0.125. The zero-order valence-corrected chi connectivity index (χ0v) is 20.0. The monoisotopic (exact) mass is 514 g/mol. The highest BCUT2D eigenvalue weighted by atomic mass is 35.5. The molecular formula is C22H20Cl2N8O3. The Morgan fingerprint density at radius 3 is 2.63 bits per heavy atom. The first kappa shape index (κ1) is 23.4. The van der Waals surface area contributed by atoms with Crippen molar-refractivity contribution in [3.05, 3.63) is 58.9 Å². The van der Waals surface area contributed by atoms with E-state index in [-0.39, 0.29) is 12.4 Å². The highest BCUT2D eigenvalue weighted by molar-refractivity contribution is 6.37. The lowest BCUT2D eigenvalue weighted by atomic mass is 10.1. The fourth-order valence-electron chi connectivity index (χ4n) is 3.67. The third-order valence-corrected chi connectivity index (χ3v) is 6.03. The molecule has 1 aliphatic rings. The van der Waals surface area contributed by atoms with E-state index in [1.54, 1.807) is 31.3 Å². The van der Waals surface area contributed by atoms with E-state index in [9.17, 15) is 9.90 Å². The topological polar surface area (TPSA) is 131 Å². The predicted molar refractivity (Wildman–Crippen MR) is 129 cm³/mol. The largest absolute Gasteiger partial charge is 0.462 e. The number of halogens is 2. The number of likely N-dealkylation sites (tertiary alicyclic amines) is 1. The molecule has 1 amide bonds. The number of carbonyl (C=O) groups excluding carboxylic acids is 1. The highest BCUT2D eigenvalue weighted by Crippen LogP contribution is 2.32. The Morgan fingerprint density at radius 2 is 1.94 bits per heavy atom. The second-order valence-electron chi connectivity index (χ2n) is 8.05. The number of hydrogen-bond acceptors (Lipinski definition) is 9. The van der Waals surface area contributed by atoms with Crippen molar-refractivity contribution in [3.8, 4) is 11.6 Å². The van der Waals surface area contributed by atoms with Crippen molar-refractivity contribution in [2.75, 3.05) is 25.0 Å². The summed E-state index contributed by atoms with van der Waals surface area (Å²) in [6, 6.07) is 5.13. The number of benzene rings is 1. The Kier molecular flexibility index (Phi) is 6.48. The standard InChI is InChI=1S/C22H20Cl2N8O3/c1-12-5-26-18(7-25-12)30-21(34)17(10-31-8-13(33)9-31)35-22-14-6-29-32(20(14)27-11-28-22)19-15(23)3-2-4-16(19)24/h2-7,11,13,17,33H,8-10H2,1H3,(H,26,30,34)/t17-/m0/s1. The molecule has 0 bridgehead atoms. The van der Waals surface area contributed by atoms with Gasteiger partial charge in [0.2, 0.25) is 5.88 Å². The van der Waals surface area contributed by atoms with E-state index >= 15 is 0 Å². The second kappa shape index (κ2) is 9.70. The van der Waals surface area contributed by atoms with Gasteiger partial charge < -0.3 is 15.2 Å². The molecule has 0 radical (unpaired) electrons. The molecule has 4 heterocycles. The first-order chi connectivity index (χ1) is 16.9. The molecule has 0 unspecified atom stereocenters. The van der Waals surface area contributed by atoms with Gasteiger partial charge in [-0.05, 0) is 19.1 Å². The molecule has 0 saturated carbocycles. The molecule has 1 fully saturated rings. The van der Waals surface area contributed by atoms with Crippen LogP contribution in [0, 0.1) is 6.92 Å². The normalized spacial score (nSPS) is 15.1. The summed E-state index contributed by atoms with van der Waals surface area (Å²) in [6.07, 6.45) is 4.48. The van der Waals surface area contributed by atoms with Gasteiger partial charge in [0.25, 0.3) is 5.91 Å². The minimum atomic E-state index is -0.962. The van der Waals surface area contributed by atoms with E-state index in [0.29, 0.717) is 45.7 Å². The van der Waals surface area contributed by atoms with E-state index in [0.717, 1.165) is 5.69 Å². The summed E-state index contributed by atoms with van der Waals surface area (Å²) < 4.78 is 7.58. The summed E-state index contributed by atoms with van der Waals surface area (Å²) >= 11 is 12.7. The fraction of sp³-hybridized carbons (Fsp3) is 0.273. The van der Waals surface area contributed by atoms with Gasteiger partial charge in [0.1, 0.15) is 17.4 Å². The Bertz CT molecular complexity index is 1350. The van der Waals surface area contributed by atoms with Gasteiger partial charge >= 0.3 is 0 Å². The molecule has 4 aromatic rings. The van der Waals surface area contributed by atoms with Crippen LogP contribution < -0.4 is 10.1 Å². The number of amides is 1. The van der Waals surface area contributed by atoms with Crippen LogP contribution in [0.1, 0.15) is 5.69 Å². The van der Waals surface area contributed by atoms with E-state index in [4.69, 9.17) is 27.9 Å². The summed E-state index contributed by atoms with van der Waals surface area (Å²) in [5.74, 6) is 0.0327. The quantitative estimate of drug-likeness (QED) is 0.381. The molecule has 13 heteroatoms. The van der Waals surface area contributed by atoms with Crippen molar-refractivity contribution >= 4 is 46.0 Å². The summed E-state index contributed by atoms with van der Waals surface area (Å²) in [5, 5.41) is 18.0. The highest BCUT2D eigenvalue weighted by Gasteiger charge is 2.32. The summed E-state index contributed by atoms with van der Waals surface area (Å²) in [5.41, 5.74) is 1.61. The maximum absolute atomic E-state index is 13.1. The van der Waals surface area contributed by atoms with Crippen LogP contribution in [0.2, 0.25) is 10.0 Å². The first-order valence-corrected chi connectivity index (χ1v) is 11.4. The van der Waals surface area contributed by atoms with Gasteiger partial charge in [0, 0.05) is 19.6 Å². The molecule has 1 aliphatic heterocycles. The molecule has 0 spiro atoms. The van der Waals surface area contributed by atoms with E-state index in [2.05, 4.69) is 30.4 Å². The van der Waals surface area contributed by atoms with Crippen molar-refractivity contribution in [1.29, 1.82) is 0 Å². The van der Waals surface area contributed by atoms with Crippen molar-refractivity contribution < 1.29 is 14.6 Å². The summed E-state index contributed by atoms with van der Waals surface area (Å²) in [6.45, 7) is 2.92. The van der Waals surface area contributed by atoms with Crippen LogP contribution in [0.4, 0.5) is 5.82 Å². The van der Waals surface area contributed by atoms with Crippen molar-refractivity contribution in [2.45, 2.75) is 19.1 Å². The van der Waals surface area contributed by atoms with Gasteiger partial charge in [0.15, 0.2) is 17.6 Å². The zero-order chi connectivity index (χ0) is 24.5. The second-order valence-corrected chi connectivity index (χ2v) is 8.87.